The normalized spacial score (nSPS) is 13.3. The van der Waals surface area contributed by atoms with Gasteiger partial charge in [0.25, 0.3) is 21.8 Å². The molecule has 1 aromatic carbocycles. The van der Waals surface area contributed by atoms with Crippen LogP contribution >= 0.6 is 11.3 Å². The summed E-state index contributed by atoms with van der Waals surface area (Å²) in [6.07, 6.45) is 0. The molecule has 1 aliphatic rings. The fourth-order valence-electron chi connectivity index (χ4n) is 3.35. The number of urea groups is 1. The van der Waals surface area contributed by atoms with Crippen LogP contribution in [0.3, 0.4) is 0 Å². The van der Waals surface area contributed by atoms with E-state index >= 15 is 0 Å². The van der Waals surface area contributed by atoms with E-state index < -0.39 is 27.9 Å². The third-order valence-corrected chi connectivity index (χ3v) is 7.33. The van der Waals surface area contributed by atoms with Gasteiger partial charge in [-0.2, -0.15) is 0 Å². The zero-order valence-corrected chi connectivity index (χ0v) is 18.0. The molecule has 2 aromatic heterocycles. The molecule has 9 nitrogen and oxygen atoms in total. The van der Waals surface area contributed by atoms with Crippen molar-refractivity contribution in [3.63, 3.8) is 0 Å². The number of nitrogens with one attached hydrogen (secondary N) is 2. The molecule has 0 spiro atoms. The van der Waals surface area contributed by atoms with Crippen molar-refractivity contribution in [2.75, 3.05) is 10.2 Å². The van der Waals surface area contributed by atoms with E-state index in [0.717, 1.165) is 16.2 Å². The lowest BCUT2D eigenvalue weighted by Crippen LogP contribution is -2.34. The average Bonchev–Trinajstić information content (AvgIpc) is 3.32. The summed E-state index contributed by atoms with van der Waals surface area (Å²) in [7, 11) is -3.99. The van der Waals surface area contributed by atoms with Gasteiger partial charge in [0.2, 0.25) is 0 Å². The zero-order chi connectivity index (χ0) is 22.3. The maximum absolute atomic E-state index is 12.8. The van der Waals surface area contributed by atoms with Crippen LogP contribution in [0.2, 0.25) is 0 Å². The number of amides is 4. The van der Waals surface area contributed by atoms with Gasteiger partial charge in [0.15, 0.2) is 0 Å². The molecule has 0 saturated carbocycles. The summed E-state index contributed by atoms with van der Waals surface area (Å²) in [6, 6.07) is 9.95. The highest BCUT2D eigenvalue weighted by Crippen LogP contribution is 2.33. The molecular formula is C20H16N4O5S2. The number of anilines is 2. The Hall–Kier alpha value is -3.57. The average molecular weight is 457 g/mol. The van der Waals surface area contributed by atoms with Gasteiger partial charge in [-0.15, -0.1) is 11.3 Å². The fourth-order valence-corrected chi connectivity index (χ4v) is 5.25. The molecule has 0 atom stereocenters. The monoisotopic (exact) mass is 456 g/mol. The molecular weight excluding hydrogens is 440 g/mol. The van der Waals surface area contributed by atoms with Crippen LogP contribution < -0.4 is 14.9 Å². The quantitative estimate of drug-likeness (QED) is 0.581. The van der Waals surface area contributed by atoms with Crippen LogP contribution in [0.1, 0.15) is 32.0 Å². The van der Waals surface area contributed by atoms with Crippen molar-refractivity contribution >= 4 is 50.7 Å². The fraction of sp³-hybridized carbons (Fsp3) is 0.100. The number of benzene rings is 1. The summed E-state index contributed by atoms with van der Waals surface area (Å²) < 4.78 is 26.3. The lowest BCUT2D eigenvalue weighted by molar-refractivity contribution is 0.0925. The van der Waals surface area contributed by atoms with Gasteiger partial charge < -0.3 is 0 Å². The van der Waals surface area contributed by atoms with Crippen LogP contribution in [-0.2, 0) is 10.0 Å². The van der Waals surface area contributed by atoms with Crippen LogP contribution in [0.5, 0.6) is 0 Å². The Kier molecular flexibility index (Phi) is 5.07. The van der Waals surface area contributed by atoms with E-state index in [1.807, 2.05) is 4.72 Å². The highest BCUT2D eigenvalue weighted by Gasteiger charge is 2.38. The van der Waals surface area contributed by atoms with E-state index in [0.29, 0.717) is 28.1 Å². The van der Waals surface area contributed by atoms with Crippen LogP contribution in [0.25, 0.3) is 0 Å². The molecule has 1 aliphatic heterocycles. The minimum atomic E-state index is -3.99. The van der Waals surface area contributed by atoms with Crippen LogP contribution in [0.15, 0.2) is 52.1 Å². The Morgan fingerprint density at radius 1 is 1.03 bits per heavy atom. The summed E-state index contributed by atoms with van der Waals surface area (Å²) in [6.45, 7) is 3.26. The first-order valence-electron chi connectivity index (χ1n) is 9.02. The highest BCUT2D eigenvalue weighted by atomic mass is 32.2. The smallest absolute Gasteiger partial charge is 0.292 e. The van der Waals surface area contributed by atoms with Gasteiger partial charge in [0, 0.05) is 0 Å². The lowest BCUT2D eigenvalue weighted by Gasteiger charge is -2.19. The van der Waals surface area contributed by atoms with Crippen molar-refractivity contribution in [1.82, 2.24) is 9.71 Å². The van der Waals surface area contributed by atoms with E-state index in [-0.39, 0.29) is 10.0 Å². The second-order valence-corrected chi connectivity index (χ2v) is 9.60. The van der Waals surface area contributed by atoms with E-state index in [9.17, 15) is 22.8 Å². The van der Waals surface area contributed by atoms with E-state index in [1.54, 1.807) is 49.6 Å². The standard InChI is InChI=1S/C20H16N4O5S2/c1-11-10-15(22-20(27)23-31(28,29)16-8-5-9-30-16)21-12(2)17(11)24-18(25)13-6-3-4-7-14(13)19(24)26/h3-10H,1-2H3,(H2,21,22,23,27). The molecule has 0 radical (unpaired) electrons. The molecule has 0 fully saturated rings. The molecule has 3 heterocycles. The summed E-state index contributed by atoms with van der Waals surface area (Å²) in [5.74, 6) is -0.822. The van der Waals surface area contributed by atoms with Crippen molar-refractivity contribution in [1.29, 1.82) is 0 Å². The predicted octanol–water partition coefficient (Wildman–Crippen LogP) is 3.07. The highest BCUT2D eigenvalue weighted by molar-refractivity contribution is 7.92. The number of sulfonamides is 1. The second kappa shape index (κ2) is 7.60. The summed E-state index contributed by atoms with van der Waals surface area (Å²) in [4.78, 5) is 43.0. The first-order chi connectivity index (χ1) is 14.7. The Bertz CT molecular complexity index is 1280. The number of pyridine rings is 1. The number of rotatable bonds is 4. The Balaban J connectivity index is 1.58. The van der Waals surface area contributed by atoms with E-state index in [4.69, 9.17) is 0 Å². The number of imide groups is 1. The number of hydrogen-bond donors (Lipinski definition) is 2. The molecule has 158 valence electrons. The number of aryl methyl sites for hydroxylation is 2. The maximum Gasteiger partial charge on any atom is 0.334 e. The summed E-state index contributed by atoms with van der Waals surface area (Å²) >= 11 is 0.979. The maximum atomic E-state index is 12.8. The number of aromatic nitrogens is 1. The van der Waals surface area contributed by atoms with Gasteiger partial charge >= 0.3 is 6.03 Å². The van der Waals surface area contributed by atoms with Crippen molar-refractivity contribution in [3.05, 3.63) is 70.2 Å². The van der Waals surface area contributed by atoms with Gasteiger partial charge in [0.1, 0.15) is 10.0 Å². The second-order valence-electron chi connectivity index (χ2n) is 6.74. The Morgan fingerprint density at radius 3 is 2.23 bits per heavy atom. The van der Waals surface area contributed by atoms with Gasteiger partial charge in [0.05, 0.1) is 22.5 Å². The third kappa shape index (κ3) is 3.68. The number of carbonyl (C=O) groups is 3. The number of carbonyl (C=O) groups excluding carboxylic acids is 3. The topological polar surface area (TPSA) is 126 Å². The van der Waals surface area contributed by atoms with Crippen LogP contribution in [0.4, 0.5) is 16.3 Å². The Labute approximate surface area is 181 Å². The Morgan fingerprint density at radius 2 is 1.68 bits per heavy atom. The van der Waals surface area contributed by atoms with Crippen molar-refractivity contribution in [3.8, 4) is 0 Å². The van der Waals surface area contributed by atoms with Crippen molar-refractivity contribution in [2.24, 2.45) is 0 Å². The minimum absolute atomic E-state index is 0.00365. The summed E-state index contributed by atoms with van der Waals surface area (Å²) in [5, 5.41) is 3.96. The molecule has 0 aliphatic carbocycles. The zero-order valence-electron chi connectivity index (χ0n) is 16.4. The largest absolute Gasteiger partial charge is 0.334 e. The van der Waals surface area contributed by atoms with Crippen LogP contribution in [-0.4, -0.2) is 31.2 Å². The first-order valence-corrected chi connectivity index (χ1v) is 11.4. The van der Waals surface area contributed by atoms with Crippen molar-refractivity contribution in [2.45, 2.75) is 18.1 Å². The van der Waals surface area contributed by atoms with Crippen LogP contribution in [0, 0.1) is 13.8 Å². The number of nitrogens with zero attached hydrogens (tertiary/aromatic N) is 2. The van der Waals surface area contributed by atoms with Gasteiger partial charge in [-0.1, -0.05) is 18.2 Å². The first kappa shape index (κ1) is 20.7. The molecule has 0 bridgehead atoms. The molecule has 11 heteroatoms. The van der Waals surface area contributed by atoms with Crippen molar-refractivity contribution < 1.29 is 22.8 Å². The molecule has 31 heavy (non-hydrogen) atoms. The number of hydrogen-bond acceptors (Lipinski definition) is 7. The predicted molar refractivity (Wildman–Crippen MR) is 115 cm³/mol. The number of fused-ring (bicyclic) bond motifs is 1. The minimum Gasteiger partial charge on any atom is -0.292 e. The molecule has 0 unspecified atom stereocenters. The van der Waals surface area contributed by atoms with E-state index in [1.165, 1.54) is 12.1 Å². The van der Waals surface area contributed by atoms with Gasteiger partial charge in [-0.05, 0) is 49.1 Å². The molecule has 0 saturated heterocycles. The molecule has 3 aromatic rings. The SMILES string of the molecule is Cc1cc(NC(=O)NS(=O)(=O)c2cccs2)nc(C)c1N1C(=O)c2ccccc2C1=O. The van der Waals surface area contributed by atoms with E-state index in [2.05, 4.69) is 10.3 Å². The molecule has 4 rings (SSSR count). The van der Waals surface area contributed by atoms with Gasteiger partial charge in [-0.3, -0.25) is 14.9 Å². The lowest BCUT2D eigenvalue weighted by atomic mass is 10.1. The molecule has 2 N–H and O–H groups in total. The van der Waals surface area contributed by atoms with Gasteiger partial charge in [-0.25, -0.2) is 27.8 Å². The number of thiophene rings is 1. The molecule has 4 amide bonds. The summed E-state index contributed by atoms with van der Waals surface area (Å²) in [5.41, 5.74) is 1.78. The third-order valence-electron chi connectivity index (χ3n) is 4.60.